The molecule has 1 heterocycles. The highest BCUT2D eigenvalue weighted by Gasteiger charge is 2.19. The molecule has 1 aromatic carbocycles. The molecule has 2 rings (SSSR count). The minimum atomic E-state index is -0.752. The fourth-order valence-electron chi connectivity index (χ4n) is 3.27. The van der Waals surface area contributed by atoms with E-state index in [-0.39, 0.29) is 23.1 Å². The van der Waals surface area contributed by atoms with E-state index in [1.807, 2.05) is 25.3 Å². The van der Waals surface area contributed by atoms with Gasteiger partial charge >= 0.3 is 5.97 Å². The third kappa shape index (κ3) is 5.39. The molecule has 1 atom stereocenters. The van der Waals surface area contributed by atoms with Crippen LogP contribution < -0.4 is 0 Å². The summed E-state index contributed by atoms with van der Waals surface area (Å²) in [6, 6.07) is 7.85. The molecule has 0 amide bonds. The van der Waals surface area contributed by atoms with Crippen LogP contribution in [0, 0.1) is 24.0 Å². The Bertz CT molecular complexity index is 945. The molecule has 0 radical (unpaired) electrons. The number of methoxy groups -OCH3 is 1. The predicted molar refractivity (Wildman–Crippen MR) is 108 cm³/mol. The van der Waals surface area contributed by atoms with Crippen LogP contribution in [-0.2, 0) is 14.3 Å². The second kappa shape index (κ2) is 9.79. The average molecular weight is 400 g/mol. The Labute approximate surface area is 168 Å². The van der Waals surface area contributed by atoms with Crippen molar-refractivity contribution in [2.24, 2.45) is 0 Å². The maximum atomic E-state index is 12.5. The van der Waals surface area contributed by atoms with Crippen molar-refractivity contribution in [1.29, 1.82) is 0 Å². The standard InChI is InChI=1S/C21H24N2O6/c1-14-11-18(16(3)22(14)15(2)12-28-4)20(24)13-29-21(25)10-9-17-7-5-6-8-19(17)23(26)27/h5-11,15H,12-13H2,1-4H3/b10-9+/t15-/m0/s1. The van der Waals surface area contributed by atoms with E-state index in [0.29, 0.717) is 12.2 Å². The minimum absolute atomic E-state index is 0.0636. The smallest absolute Gasteiger partial charge is 0.331 e. The number of nitro groups is 1. The second-order valence-corrected chi connectivity index (χ2v) is 6.64. The Kier molecular flexibility index (Phi) is 7.44. The molecule has 0 saturated heterocycles. The van der Waals surface area contributed by atoms with Gasteiger partial charge in [-0.3, -0.25) is 14.9 Å². The van der Waals surface area contributed by atoms with E-state index in [1.54, 1.807) is 19.2 Å². The number of aryl methyl sites for hydroxylation is 1. The number of hydrogen-bond donors (Lipinski definition) is 0. The highest BCUT2D eigenvalue weighted by Crippen LogP contribution is 2.21. The number of ketones is 1. The molecule has 154 valence electrons. The van der Waals surface area contributed by atoms with Gasteiger partial charge < -0.3 is 14.0 Å². The number of ether oxygens (including phenoxy) is 2. The van der Waals surface area contributed by atoms with Crippen LogP contribution in [0.15, 0.2) is 36.4 Å². The lowest BCUT2D eigenvalue weighted by Gasteiger charge is -2.17. The third-order valence-corrected chi connectivity index (χ3v) is 4.51. The third-order valence-electron chi connectivity index (χ3n) is 4.51. The normalized spacial score (nSPS) is 12.1. The Hall–Kier alpha value is -3.26. The van der Waals surface area contributed by atoms with Crippen molar-refractivity contribution < 1.29 is 24.0 Å². The Morgan fingerprint density at radius 1 is 1.28 bits per heavy atom. The molecule has 0 unspecified atom stereocenters. The van der Waals surface area contributed by atoms with Crippen LogP contribution in [0.25, 0.3) is 6.08 Å². The van der Waals surface area contributed by atoms with Gasteiger partial charge in [0.2, 0.25) is 5.78 Å². The fraction of sp³-hybridized carbons (Fsp3) is 0.333. The number of nitro benzene ring substituents is 1. The summed E-state index contributed by atoms with van der Waals surface area (Å²) in [7, 11) is 1.62. The van der Waals surface area contributed by atoms with Gasteiger partial charge in [0.1, 0.15) is 0 Å². The predicted octanol–water partition coefficient (Wildman–Crippen LogP) is 3.66. The minimum Gasteiger partial charge on any atom is -0.454 e. The van der Waals surface area contributed by atoms with Gasteiger partial charge in [-0.15, -0.1) is 0 Å². The molecule has 0 fully saturated rings. The van der Waals surface area contributed by atoms with Crippen LogP contribution in [-0.4, -0.2) is 41.6 Å². The molecule has 0 aliphatic heterocycles. The Balaban J connectivity index is 2.04. The molecule has 8 heteroatoms. The van der Waals surface area contributed by atoms with Crippen molar-refractivity contribution in [3.8, 4) is 0 Å². The van der Waals surface area contributed by atoms with Gasteiger partial charge in [-0.25, -0.2) is 4.79 Å². The average Bonchev–Trinajstić information content (AvgIpc) is 2.99. The molecule has 2 aromatic rings. The summed E-state index contributed by atoms with van der Waals surface area (Å²) in [5.41, 5.74) is 2.34. The monoisotopic (exact) mass is 400 g/mol. The van der Waals surface area contributed by atoms with Gasteiger partial charge in [0, 0.05) is 36.2 Å². The number of carbonyl (C=O) groups is 2. The summed E-state index contributed by atoms with van der Waals surface area (Å²) in [5, 5.41) is 11.0. The number of benzene rings is 1. The molecule has 8 nitrogen and oxygen atoms in total. The molecule has 0 spiro atoms. The molecular formula is C21H24N2O6. The number of esters is 1. The summed E-state index contributed by atoms with van der Waals surface area (Å²) in [6.07, 6.45) is 2.36. The van der Waals surface area contributed by atoms with Crippen LogP contribution in [0.2, 0.25) is 0 Å². The highest BCUT2D eigenvalue weighted by molar-refractivity contribution is 6.00. The molecule has 0 saturated carbocycles. The highest BCUT2D eigenvalue weighted by atomic mass is 16.6. The number of para-hydroxylation sites is 1. The van der Waals surface area contributed by atoms with E-state index in [4.69, 9.17) is 9.47 Å². The Morgan fingerprint density at radius 2 is 1.97 bits per heavy atom. The first kappa shape index (κ1) is 22.0. The van der Waals surface area contributed by atoms with E-state index in [1.165, 1.54) is 24.3 Å². The SMILES string of the molecule is COC[C@H](C)n1c(C)cc(C(=O)COC(=O)/C=C/c2ccccc2[N+](=O)[O-])c1C. The number of carbonyl (C=O) groups excluding carboxylic acids is 2. The van der Waals surface area contributed by atoms with Gasteiger partial charge in [0.05, 0.1) is 23.1 Å². The number of aromatic nitrogens is 1. The molecule has 1 aromatic heterocycles. The maximum Gasteiger partial charge on any atom is 0.331 e. The van der Waals surface area contributed by atoms with Gasteiger partial charge in [-0.05, 0) is 39.0 Å². The van der Waals surface area contributed by atoms with Gasteiger partial charge in [0.15, 0.2) is 6.61 Å². The lowest BCUT2D eigenvalue weighted by molar-refractivity contribution is -0.385. The topological polar surface area (TPSA) is 101 Å². The first-order chi connectivity index (χ1) is 13.8. The van der Waals surface area contributed by atoms with Crippen molar-refractivity contribution in [3.05, 3.63) is 69.0 Å². The van der Waals surface area contributed by atoms with E-state index in [0.717, 1.165) is 17.5 Å². The van der Waals surface area contributed by atoms with E-state index < -0.39 is 17.5 Å². The van der Waals surface area contributed by atoms with Gasteiger partial charge in [-0.2, -0.15) is 0 Å². The van der Waals surface area contributed by atoms with Crippen LogP contribution in [0.1, 0.15) is 40.3 Å². The first-order valence-electron chi connectivity index (χ1n) is 9.05. The summed E-state index contributed by atoms with van der Waals surface area (Å²) in [4.78, 5) is 34.9. The quantitative estimate of drug-likeness (QED) is 0.209. The van der Waals surface area contributed by atoms with Crippen molar-refractivity contribution >= 4 is 23.5 Å². The van der Waals surface area contributed by atoms with E-state index >= 15 is 0 Å². The zero-order chi connectivity index (χ0) is 21.6. The number of Topliss-reactive ketones (excluding diaryl/α,β-unsaturated/α-hetero) is 1. The molecule has 0 aliphatic rings. The molecule has 29 heavy (non-hydrogen) atoms. The van der Waals surface area contributed by atoms with Gasteiger partial charge in [-0.1, -0.05) is 12.1 Å². The van der Waals surface area contributed by atoms with Crippen LogP contribution in [0.3, 0.4) is 0 Å². The summed E-state index contributed by atoms with van der Waals surface area (Å²) in [6.45, 7) is 5.82. The fourth-order valence-corrected chi connectivity index (χ4v) is 3.27. The maximum absolute atomic E-state index is 12.5. The van der Waals surface area contributed by atoms with E-state index in [2.05, 4.69) is 0 Å². The molecular weight excluding hydrogens is 376 g/mol. The summed E-state index contributed by atoms with van der Waals surface area (Å²) in [5.74, 6) is -1.07. The first-order valence-corrected chi connectivity index (χ1v) is 9.05. The summed E-state index contributed by atoms with van der Waals surface area (Å²) >= 11 is 0. The number of nitrogens with zero attached hydrogens (tertiary/aromatic N) is 2. The van der Waals surface area contributed by atoms with Crippen molar-refractivity contribution in [2.45, 2.75) is 26.8 Å². The van der Waals surface area contributed by atoms with Crippen LogP contribution in [0.4, 0.5) is 5.69 Å². The van der Waals surface area contributed by atoms with Crippen molar-refractivity contribution in [1.82, 2.24) is 4.57 Å². The summed E-state index contributed by atoms with van der Waals surface area (Å²) < 4.78 is 12.2. The lowest BCUT2D eigenvalue weighted by Crippen LogP contribution is -2.16. The second-order valence-electron chi connectivity index (χ2n) is 6.64. The lowest BCUT2D eigenvalue weighted by atomic mass is 10.1. The van der Waals surface area contributed by atoms with E-state index in [9.17, 15) is 19.7 Å². The molecule has 0 aliphatic carbocycles. The zero-order valence-electron chi connectivity index (χ0n) is 16.9. The van der Waals surface area contributed by atoms with Crippen molar-refractivity contribution in [2.75, 3.05) is 20.3 Å². The largest absolute Gasteiger partial charge is 0.454 e. The van der Waals surface area contributed by atoms with Crippen LogP contribution in [0.5, 0.6) is 0 Å². The van der Waals surface area contributed by atoms with Crippen molar-refractivity contribution in [3.63, 3.8) is 0 Å². The number of hydrogen-bond acceptors (Lipinski definition) is 6. The number of rotatable bonds is 9. The van der Waals surface area contributed by atoms with Gasteiger partial charge in [0.25, 0.3) is 5.69 Å². The van der Waals surface area contributed by atoms with Crippen LogP contribution >= 0.6 is 0 Å². The zero-order valence-corrected chi connectivity index (χ0v) is 16.9. The molecule has 0 bridgehead atoms. The Morgan fingerprint density at radius 3 is 2.62 bits per heavy atom. The molecule has 0 N–H and O–H groups in total.